The lowest BCUT2D eigenvalue weighted by Crippen LogP contribution is -2.42. The number of hydrogen-bond acceptors (Lipinski definition) is 3. The highest BCUT2D eigenvalue weighted by Gasteiger charge is 2.58. The Kier molecular flexibility index (Phi) is 4.64. The van der Waals surface area contributed by atoms with Gasteiger partial charge in [0.2, 0.25) is 5.91 Å². The van der Waals surface area contributed by atoms with Crippen molar-refractivity contribution < 1.29 is 19.1 Å². The highest BCUT2D eigenvalue weighted by atomic mass is 19.1. The first-order valence-electron chi connectivity index (χ1n) is 8.45. The van der Waals surface area contributed by atoms with Crippen molar-refractivity contribution in [2.45, 2.75) is 13.3 Å². The molecule has 1 aromatic rings. The number of rotatable bonds is 5. The average molecular weight is 346 g/mol. The van der Waals surface area contributed by atoms with Crippen LogP contribution >= 0.6 is 0 Å². The van der Waals surface area contributed by atoms with Crippen LogP contribution in [0.3, 0.4) is 0 Å². The average Bonchev–Trinajstić information content (AvgIpc) is 3.06. The second-order valence-electron chi connectivity index (χ2n) is 7.18. The van der Waals surface area contributed by atoms with E-state index in [4.69, 9.17) is 0 Å². The zero-order valence-electron chi connectivity index (χ0n) is 14.4. The molecule has 2 atom stereocenters. The number of aliphatic carboxylic acids is 1. The van der Waals surface area contributed by atoms with E-state index in [9.17, 15) is 19.1 Å². The fourth-order valence-corrected chi connectivity index (χ4v) is 4.02. The number of carbonyl (C=O) groups excluding carboxylic acids is 1. The van der Waals surface area contributed by atoms with E-state index in [1.54, 1.807) is 30.0 Å². The maximum Gasteiger partial charge on any atom is 0.313 e. The number of carbonyl (C=O) groups is 2. The largest absolute Gasteiger partial charge is 0.481 e. The smallest absolute Gasteiger partial charge is 0.313 e. The Hall–Kier alpha value is -2.21. The molecule has 25 heavy (non-hydrogen) atoms. The molecule has 2 aliphatic rings. The van der Waals surface area contributed by atoms with Crippen molar-refractivity contribution in [3.8, 4) is 0 Å². The van der Waals surface area contributed by atoms with Gasteiger partial charge in [-0.25, -0.2) is 4.39 Å². The molecule has 2 saturated heterocycles. The van der Waals surface area contributed by atoms with Gasteiger partial charge in [-0.15, -0.1) is 6.58 Å². The number of halogens is 1. The van der Waals surface area contributed by atoms with Gasteiger partial charge in [-0.1, -0.05) is 18.2 Å². The molecule has 134 valence electrons. The monoisotopic (exact) mass is 346 g/mol. The van der Waals surface area contributed by atoms with E-state index in [0.29, 0.717) is 37.3 Å². The Morgan fingerprint density at radius 2 is 2.16 bits per heavy atom. The van der Waals surface area contributed by atoms with E-state index < -0.39 is 11.4 Å². The second kappa shape index (κ2) is 6.59. The summed E-state index contributed by atoms with van der Waals surface area (Å²) in [6.45, 7) is 7.77. The van der Waals surface area contributed by atoms with Crippen molar-refractivity contribution in [1.82, 2.24) is 9.80 Å². The van der Waals surface area contributed by atoms with Crippen LogP contribution in [0.15, 0.2) is 30.9 Å². The molecule has 5 nitrogen and oxygen atoms in total. The Labute approximate surface area is 146 Å². The Morgan fingerprint density at radius 3 is 2.76 bits per heavy atom. The van der Waals surface area contributed by atoms with Crippen molar-refractivity contribution >= 4 is 11.9 Å². The number of hydrogen-bond donors (Lipinski definition) is 1. The van der Waals surface area contributed by atoms with Gasteiger partial charge >= 0.3 is 5.97 Å². The summed E-state index contributed by atoms with van der Waals surface area (Å²) in [6.07, 6.45) is 1.86. The van der Waals surface area contributed by atoms with Gasteiger partial charge in [0.1, 0.15) is 11.2 Å². The molecule has 0 aliphatic carbocycles. The SMILES string of the molecule is C=CCN1CC2CN(C(=O)Cc3ccc(C)c(F)c3)CC2(C(=O)O)C1. The first-order valence-corrected chi connectivity index (χ1v) is 8.45. The topological polar surface area (TPSA) is 60.9 Å². The summed E-state index contributed by atoms with van der Waals surface area (Å²) < 4.78 is 13.7. The van der Waals surface area contributed by atoms with Gasteiger partial charge < -0.3 is 10.0 Å². The molecule has 6 heteroatoms. The van der Waals surface area contributed by atoms with Crippen LogP contribution in [0.2, 0.25) is 0 Å². The minimum absolute atomic E-state index is 0.0800. The van der Waals surface area contributed by atoms with Crippen molar-refractivity contribution in [3.63, 3.8) is 0 Å². The van der Waals surface area contributed by atoms with E-state index in [1.165, 1.54) is 6.07 Å². The number of aryl methyl sites for hydroxylation is 1. The maximum absolute atomic E-state index is 13.7. The molecule has 3 rings (SSSR count). The van der Waals surface area contributed by atoms with Crippen LogP contribution in [0.25, 0.3) is 0 Å². The molecule has 1 N–H and O–H groups in total. The standard InChI is InChI=1S/C19H23FN2O3/c1-3-6-21-9-15-10-22(12-19(15,11-21)18(24)25)17(23)8-14-5-4-13(2)16(20)7-14/h3-5,7,15H,1,6,8-12H2,2H3,(H,24,25). The summed E-state index contributed by atoms with van der Waals surface area (Å²) in [5.74, 6) is -1.40. The number of carboxylic acids is 1. The maximum atomic E-state index is 13.7. The van der Waals surface area contributed by atoms with Crippen molar-refractivity contribution in [1.29, 1.82) is 0 Å². The Bertz CT molecular complexity index is 721. The Balaban J connectivity index is 1.71. The lowest BCUT2D eigenvalue weighted by atomic mass is 9.81. The first kappa shape index (κ1) is 17.6. The van der Waals surface area contributed by atoms with Crippen LogP contribution in [0.4, 0.5) is 4.39 Å². The van der Waals surface area contributed by atoms with Gasteiger partial charge in [0.05, 0.1) is 6.42 Å². The molecule has 0 aromatic heterocycles. The zero-order chi connectivity index (χ0) is 18.2. The number of likely N-dealkylation sites (tertiary alicyclic amines) is 2. The van der Waals surface area contributed by atoms with Crippen LogP contribution in [0, 0.1) is 24.1 Å². The van der Waals surface area contributed by atoms with Crippen LogP contribution < -0.4 is 0 Å². The molecule has 2 heterocycles. The van der Waals surface area contributed by atoms with E-state index in [1.807, 2.05) is 0 Å². The summed E-state index contributed by atoms with van der Waals surface area (Å²) in [4.78, 5) is 28.2. The summed E-state index contributed by atoms with van der Waals surface area (Å²) in [7, 11) is 0. The molecule has 0 bridgehead atoms. The third-order valence-corrected chi connectivity index (χ3v) is 5.44. The van der Waals surface area contributed by atoms with Gasteiger partial charge in [0, 0.05) is 38.6 Å². The van der Waals surface area contributed by atoms with Gasteiger partial charge in [-0.05, 0) is 24.1 Å². The molecule has 0 radical (unpaired) electrons. The fourth-order valence-electron chi connectivity index (χ4n) is 4.02. The van der Waals surface area contributed by atoms with Crippen LogP contribution in [0.5, 0.6) is 0 Å². The van der Waals surface area contributed by atoms with Crippen LogP contribution in [-0.4, -0.2) is 59.5 Å². The quantitative estimate of drug-likeness (QED) is 0.825. The van der Waals surface area contributed by atoms with E-state index in [-0.39, 0.29) is 30.6 Å². The lowest BCUT2D eigenvalue weighted by molar-refractivity contribution is -0.149. The van der Waals surface area contributed by atoms with Crippen LogP contribution in [0.1, 0.15) is 11.1 Å². The minimum Gasteiger partial charge on any atom is -0.481 e. The van der Waals surface area contributed by atoms with Crippen molar-refractivity contribution in [2.75, 3.05) is 32.7 Å². The van der Waals surface area contributed by atoms with Gasteiger partial charge in [-0.3, -0.25) is 14.5 Å². The highest BCUT2D eigenvalue weighted by molar-refractivity contribution is 5.83. The number of amides is 1. The summed E-state index contributed by atoms with van der Waals surface area (Å²) >= 11 is 0. The third kappa shape index (κ3) is 3.18. The predicted octanol–water partition coefficient (Wildman–Crippen LogP) is 1.71. The van der Waals surface area contributed by atoms with Crippen molar-refractivity contribution in [3.05, 3.63) is 47.8 Å². The summed E-state index contributed by atoms with van der Waals surface area (Å²) in [5, 5.41) is 9.78. The van der Waals surface area contributed by atoms with E-state index in [2.05, 4.69) is 11.5 Å². The van der Waals surface area contributed by atoms with Crippen LogP contribution in [-0.2, 0) is 16.0 Å². The van der Waals surface area contributed by atoms with Gasteiger partial charge in [0.15, 0.2) is 0 Å². The number of carboxylic acid groups (broad SMARTS) is 1. The lowest BCUT2D eigenvalue weighted by Gasteiger charge is -2.25. The number of fused-ring (bicyclic) bond motifs is 1. The van der Waals surface area contributed by atoms with E-state index in [0.717, 1.165) is 0 Å². The molecule has 1 amide bonds. The molecule has 0 saturated carbocycles. The molecule has 2 fully saturated rings. The predicted molar refractivity (Wildman–Crippen MR) is 91.6 cm³/mol. The number of nitrogens with zero attached hydrogens (tertiary/aromatic N) is 2. The molecular weight excluding hydrogens is 323 g/mol. The van der Waals surface area contributed by atoms with Gasteiger partial charge in [-0.2, -0.15) is 0 Å². The molecule has 0 spiro atoms. The molecule has 1 aromatic carbocycles. The van der Waals surface area contributed by atoms with Gasteiger partial charge in [0.25, 0.3) is 0 Å². The summed E-state index contributed by atoms with van der Waals surface area (Å²) in [5.41, 5.74) is 0.249. The minimum atomic E-state index is -0.906. The Morgan fingerprint density at radius 1 is 1.40 bits per heavy atom. The fraction of sp³-hybridized carbons (Fsp3) is 0.474. The molecule has 2 unspecified atom stereocenters. The molecule has 2 aliphatic heterocycles. The van der Waals surface area contributed by atoms with Crippen molar-refractivity contribution in [2.24, 2.45) is 11.3 Å². The summed E-state index contributed by atoms with van der Waals surface area (Å²) in [6, 6.07) is 4.78. The first-order chi connectivity index (χ1) is 11.9. The third-order valence-electron chi connectivity index (χ3n) is 5.44. The molecular formula is C19H23FN2O3. The second-order valence-corrected chi connectivity index (χ2v) is 7.18. The normalized spacial score (nSPS) is 25.8. The zero-order valence-corrected chi connectivity index (χ0v) is 14.4. The van der Waals surface area contributed by atoms with E-state index >= 15 is 0 Å². The number of benzene rings is 1. The highest BCUT2D eigenvalue weighted by Crippen LogP contribution is 2.42.